The van der Waals surface area contributed by atoms with E-state index in [-0.39, 0.29) is 6.04 Å². The molecule has 1 rings (SSSR count). The Bertz CT molecular complexity index is 269. The van der Waals surface area contributed by atoms with Crippen molar-refractivity contribution in [2.75, 3.05) is 0 Å². The van der Waals surface area contributed by atoms with E-state index in [1.807, 2.05) is 24.9 Å². The minimum Gasteiger partial charge on any atom is -0.324 e. The Morgan fingerprint density at radius 1 is 1.43 bits per heavy atom. The standard InChI is InChI=1S/C11H18N2S/c1-4-8(2)14-11-6-5-10(7-13-11)9(3)12/h5-9H,4,12H2,1-3H3/t8?,9-/m1/s1. The molecule has 0 saturated carbocycles. The van der Waals surface area contributed by atoms with E-state index in [2.05, 4.69) is 31.0 Å². The SMILES string of the molecule is CCC(C)Sc1ccc([C@@H](C)N)cn1. The van der Waals surface area contributed by atoms with Crippen molar-refractivity contribution in [1.82, 2.24) is 4.98 Å². The highest BCUT2D eigenvalue weighted by molar-refractivity contribution is 7.99. The molecule has 1 heterocycles. The molecule has 2 atom stereocenters. The zero-order valence-electron chi connectivity index (χ0n) is 9.03. The maximum atomic E-state index is 5.74. The summed E-state index contributed by atoms with van der Waals surface area (Å²) in [7, 11) is 0. The average molecular weight is 210 g/mol. The topological polar surface area (TPSA) is 38.9 Å². The van der Waals surface area contributed by atoms with Gasteiger partial charge in [0.05, 0.1) is 5.03 Å². The zero-order valence-corrected chi connectivity index (χ0v) is 9.84. The summed E-state index contributed by atoms with van der Waals surface area (Å²) < 4.78 is 0. The first-order valence-corrected chi connectivity index (χ1v) is 5.89. The van der Waals surface area contributed by atoms with Gasteiger partial charge in [-0.15, -0.1) is 11.8 Å². The molecular weight excluding hydrogens is 192 g/mol. The fourth-order valence-corrected chi connectivity index (χ4v) is 1.86. The second-order valence-electron chi connectivity index (χ2n) is 3.56. The summed E-state index contributed by atoms with van der Waals surface area (Å²) in [5.41, 5.74) is 6.84. The van der Waals surface area contributed by atoms with Crippen molar-refractivity contribution in [1.29, 1.82) is 0 Å². The molecule has 2 nitrogen and oxygen atoms in total. The van der Waals surface area contributed by atoms with Gasteiger partial charge in [-0.1, -0.05) is 19.9 Å². The number of hydrogen-bond donors (Lipinski definition) is 1. The maximum Gasteiger partial charge on any atom is 0.0962 e. The third-order valence-corrected chi connectivity index (χ3v) is 3.40. The van der Waals surface area contributed by atoms with E-state index in [4.69, 9.17) is 5.73 Å². The van der Waals surface area contributed by atoms with Crippen LogP contribution in [0.5, 0.6) is 0 Å². The van der Waals surface area contributed by atoms with Crippen molar-refractivity contribution in [3.05, 3.63) is 23.9 Å². The normalized spacial score (nSPS) is 15.1. The summed E-state index contributed by atoms with van der Waals surface area (Å²) in [5.74, 6) is 0. The quantitative estimate of drug-likeness (QED) is 0.776. The number of nitrogens with two attached hydrogens (primary N) is 1. The number of hydrogen-bond acceptors (Lipinski definition) is 3. The molecule has 0 spiro atoms. The molecule has 1 aromatic heterocycles. The minimum atomic E-state index is 0.0742. The molecule has 0 aromatic carbocycles. The number of nitrogens with zero attached hydrogens (tertiary/aromatic N) is 1. The van der Waals surface area contributed by atoms with Gasteiger partial charge in [0.2, 0.25) is 0 Å². The smallest absolute Gasteiger partial charge is 0.0962 e. The largest absolute Gasteiger partial charge is 0.324 e. The van der Waals surface area contributed by atoms with Crippen LogP contribution >= 0.6 is 11.8 Å². The summed E-state index contributed by atoms with van der Waals surface area (Å²) in [4.78, 5) is 4.37. The molecule has 0 aliphatic carbocycles. The summed E-state index contributed by atoms with van der Waals surface area (Å²) in [5, 5.41) is 1.72. The van der Waals surface area contributed by atoms with Crippen molar-refractivity contribution >= 4 is 11.8 Å². The van der Waals surface area contributed by atoms with Gasteiger partial charge in [-0.05, 0) is 25.0 Å². The third-order valence-electron chi connectivity index (χ3n) is 2.18. The molecule has 3 heteroatoms. The molecular formula is C11H18N2S. The zero-order chi connectivity index (χ0) is 10.6. The van der Waals surface area contributed by atoms with Crippen LogP contribution in [0.1, 0.15) is 38.8 Å². The fourth-order valence-electron chi connectivity index (χ4n) is 1.02. The van der Waals surface area contributed by atoms with Gasteiger partial charge in [-0.3, -0.25) is 0 Å². The van der Waals surface area contributed by atoms with Crippen LogP contribution < -0.4 is 5.73 Å². The summed E-state index contributed by atoms with van der Waals surface area (Å²) >= 11 is 1.81. The highest BCUT2D eigenvalue weighted by Crippen LogP contribution is 2.23. The summed E-state index contributed by atoms with van der Waals surface area (Å²) in [6.45, 7) is 6.37. The lowest BCUT2D eigenvalue weighted by atomic mass is 10.2. The van der Waals surface area contributed by atoms with Gasteiger partial charge in [0, 0.05) is 17.5 Å². The van der Waals surface area contributed by atoms with Crippen LogP contribution in [0, 0.1) is 0 Å². The Morgan fingerprint density at radius 2 is 2.14 bits per heavy atom. The molecule has 0 amide bonds. The molecule has 1 aromatic rings. The Kier molecular flexibility index (Phi) is 4.42. The van der Waals surface area contributed by atoms with Crippen molar-refractivity contribution < 1.29 is 0 Å². The molecule has 0 radical (unpaired) electrons. The van der Waals surface area contributed by atoms with Crippen LogP contribution in [0.2, 0.25) is 0 Å². The van der Waals surface area contributed by atoms with Crippen LogP contribution in [-0.2, 0) is 0 Å². The first-order chi connectivity index (χ1) is 6.63. The van der Waals surface area contributed by atoms with E-state index in [1.54, 1.807) is 0 Å². The van der Waals surface area contributed by atoms with Crippen molar-refractivity contribution in [3.63, 3.8) is 0 Å². The molecule has 0 bridgehead atoms. The van der Waals surface area contributed by atoms with Crippen LogP contribution in [0.4, 0.5) is 0 Å². The summed E-state index contributed by atoms with van der Waals surface area (Å²) in [6.07, 6.45) is 3.04. The number of thioether (sulfide) groups is 1. The van der Waals surface area contributed by atoms with Crippen molar-refractivity contribution in [2.45, 2.75) is 43.5 Å². The Morgan fingerprint density at radius 3 is 2.57 bits per heavy atom. The highest BCUT2D eigenvalue weighted by atomic mass is 32.2. The lowest BCUT2D eigenvalue weighted by Gasteiger charge is -2.09. The molecule has 14 heavy (non-hydrogen) atoms. The van der Waals surface area contributed by atoms with Gasteiger partial charge in [0.1, 0.15) is 0 Å². The first kappa shape index (κ1) is 11.5. The van der Waals surface area contributed by atoms with Gasteiger partial charge in [0.15, 0.2) is 0 Å². The summed E-state index contributed by atoms with van der Waals surface area (Å²) in [6, 6.07) is 4.18. The van der Waals surface area contributed by atoms with Crippen LogP contribution in [0.25, 0.3) is 0 Å². The van der Waals surface area contributed by atoms with E-state index in [0.717, 1.165) is 10.6 Å². The number of rotatable bonds is 4. The Balaban J connectivity index is 2.64. The molecule has 0 saturated heterocycles. The Hall–Kier alpha value is -0.540. The van der Waals surface area contributed by atoms with Crippen molar-refractivity contribution in [3.8, 4) is 0 Å². The second kappa shape index (κ2) is 5.37. The molecule has 0 aliphatic rings. The molecule has 1 unspecified atom stereocenters. The lowest BCUT2D eigenvalue weighted by molar-refractivity contribution is 0.805. The average Bonchev–Trinajstić information content (AvgIpc) is 2.18. The third kappa shape index (κ3) is 3.31. The number of aromatic nitrogens is 1. The van der Waals surface area contributed by atoms with Gasteiger partial charge < -0.3 is 5.73 Å². The molecule has 78 valence electrons. The monoisotopic (exact) mass is 210 g/mol. The highest BCUT2D eigenvalue weighted by Gasteiger charge is 2.04. The maximum absolute atomic E-state index is 5.74. The van der Waals surface area contributed by atoms with Gasteiger partial charge >= 0.3 is 0 Å². The molecule has 2 N–H and O–H groups in total. The van der Waals surface area contributed by atoms with Gasteiger partial charge in [0.25, 0.3) is 0 Å². The fraction of sp³-hybridized carbons (Fsp3) is 0.545. The van der Waals surface area contributed by atoms with Gasteiger partial charge in [-0.25, -0.2) is 4.98 Å². The van der Waals surface area contributed by atoms with Crippen LogP contribution in [-0.4, -0.2) is 10.2 Å². The van der Waals surface area contributed by atoms with E-state index in [1.165, 1.54) is 6.42 Å². The van der Waals surface area contributed by atoms with Crippen LogP contribution in [0.3, 0.4) is 0 Å². The lowest BCUT2D eigenvalue weighted by Crippen LogP contribution is -2.05. The second-order valence-corrected chi connectivity index (χ2v) is 5.01. The van der Waals surface area contributed by atoms with E-state index in [0.29, 0.717) is 5.25 Å². The number of pyridine rings is 1. The Labute approximate surface area is 90.3 Å². The van der Waals surface area contributed by atoms with Gasteiger partial charge in [-0.2, -0.15) is 0 Å². The minimum absolute atomic E-state index is 0.0742. The van der Waals surface area contributed by atoms with Crippen LogP contribution in [0.15, 0.2) is 23.4 Å². The van der Waals surface area contributed by atoms with E-state index < -0.39 is 0 Å². The van der Waals surface area contributed by atoms with Crippen molar-refractivity contribution in [2.24, 2.45) is 5.73 Å². The molecule has 0 fully saturated rings. The first-order valence-electron chi connectivity index (χ1n) is 5.01. The van der Waals surface area contributed by atoms with E-state index >= 15 is 0 Å². The predicted octanol–water partition coefficient (Wildman–Crippen LogP) is 2.99. The predicted molar refractivity (Wildman–Crippen MR) is 62.4 cm³/mol. The molecule has 0 aliphatic heterocycles. The van der Waals surface area contributed by atoms with E-state index in [9.17, 15) is 0 Å².